The Morgan fingerprint density at radius 3 is 2.15 bits per heavy atom. The van der Waals surface area contributed by atoms with Crippen LogP contribution in [0.1, 0.15) is 10.4 Å². The van der Waals surface area contributed by atoms with Crippen LogP contribution < -0.4 is 9.03 Å². The summed E-state index contributed by atoms with van der Waals surface area (Å²) >= 11 is 5.81. The lowest BCUT2D eigenvalue weighted by Gasteiger charge is -2.25. The molecule has 11 heteroatoms. The Balaban J connectivity index is 1.92. The van der Waals surface area contributed by atoms with Crippen LogP contribution in [0, 0.1) is 0 Å². The molecule has 0 aliphatic rings. The van der Waals surface area contributed by atoms with Crippen molar-refractivity contribution in [3.05, 3.63) is 89.4 Å². The number of carbonyl (C=O) groups excluding carboxylic acids is 1. The predicted octanol–water partition coefficient (Wildman–Crippen LogP) is 3.30. The second kappa shape index (κ2) is 10.3. The van der Waals surface area contributed by atoms with Crippen molar-refractivity contribution in [1.29, 1.82) is 0 Å². The lowest BCUT2D eigenvalue weighted by Crippen LogP contribution is -2.39. The quantitative estimate of drug-likeness (QED) is 0.444. The number of para-hydroxylation sites is 1. The Kier molecular flexibility index (Phi) is 7.75. The lowest BCUT2D eigenvalue weighted by atomic mass is 10.2. The molecule has 174 valence electrons. The minimum Gasteiger partial charge on any atom is -0.465 e. The summed E-state index contributed by atoms with van der Waals surface area (Å²) in [7, 11) is -6.98. The molecule has 0 amide bonds. The minimum absolute atomic E-state index is 0.00273. The first-order chi connectivity index (χ1) is 15.7. The maximum atomic E-state index is 13.6. The maximum Gasteiger partial charge on any atom is 0.339 e. The van der Waals surface area contributed by atoms with Gasteiger partial charge < -0.3 is 4.74 Å². The number of ether oxygens (including phenoxy) is 1. The smallest absolute Gasteiger partial charge is 0.339 e. The molecule has 0 heterocycles. The first kappa shape index (κ1) is 24.7. The molecule has 0 aliphatic carbocycles. The molecule has 1 N–H and O–H groups in total. The zero-order valence-corrected chi connectivity index (χ0v) is 19.9. The van der Waals surface area contributed by atoms with Gasteiger partial charge in [0.05, 0.1) is 23.3 Å². The summed E-state index contributed by atoms with van der Waals surface area (Å²) in [5.74, 6) is -0.800. The van der Waals surface area contributed by atoms with E-state index in [2.05, 4.69) is 4.72 Å². The van der Waals surface area contributed by atoms with Crippen molar-refractivity contribution in [2.45, 2.75) is 9.79 Å². The topological polar surface area (TPSA) is 110 Å². The molecule has 0 atom stereocenters. The van der Waals surface area contributed by atoms with Crippen LogP contribution in [0.4, 0.5) is 5.69 Å². The van der Waals surface area contributed by atoms with Gasteiger partial charge in [-0.1, -0.05) is 41.9 Å². The van der Waals surface area contributed by atoms with Crippen molar-refractivity contribution >= 4 is 43.3 Å². The van der Waals surface area contributed by atoms with Crippen LogP contribution in [-0.4, -0.2) is 43.0 Å². The highest BCUT2D eigenvalue weighted by molar-refractivity contribution is 7.93. The average molecular weight is 509 g/mol. The fourth-order valence-corrected chi connectivity index (χ4v) is 5.85. The first-order valence-electron chi connectivity index (χ1n) is 9.67. The van der Waals surface area contributed by atoms with E-state index in [-0.39, 0.29) is 28.4 Å². The molecule has 0 spiro atoms. The van der Waals surface area contributed by atoms with Gasteiger partial charge in [-0.05, 0) is 48.5 Å². The maximum absolute atomic E-state index is 13.6. The van der Waals surface area contributed by atoms with Crippen molar-refractivity contribution in [3.8, 4) is 0 Å². The summed E-state index contributed by atoms with van der Waals surface area (Å²) < 4.78 is 60.4. The van der Waals surface area contributed by atoms with Crippen LogP contribution in [0.3, 0.4) is 0 Å². The molecule has 0 unspecified atom stereocenters. The summed E-state index contributed by atoms with van der Waals surface area (Å²) in [6, 6.07) is 19.4. The SMILES string of the molecule is COC(=O)c1ccccc1S(=O)(=O)N(CCNS(=O)(=O)c1ccc(Cl)cc1)c1ccccc1. The lowest BCUT2D eigenvalue weighted by molar-refractivity contribution is 0.0596. The highest BCUT2D eigenvalue weighted by Crippen LogP contribution is 2.26. The zero-order valence-electron chi connectivity index (χ0n) is 17.5. The number of nitrogens with one attached hydrogen (secondary N) is 1. The summed E-state index contributed by atoms with van der Waals surface area (Å²) in [6.07, 6.45) is 0. The second-order valence-electron chi connectivity index (χ2n) is 6.75. The number of hydrogen-bond acceptors (Lipinski definition) is 6. The van der Waals surface area contributed by atoms with E-state index >= 15 is 0 Å². The number of benzene rings is 3. The predicted molar refractivity (Wildman–Crippen MR) is 125 cm³/mol. The van der Waals surface area contributed by atoms with E-state index in [1.807, 2.05) is 0 Å². The van der Waals surface area contributed by atoms with Crippen LogP contribution in [-0.2, 0) is 24.8 Å². The van der Waals surface area contributed by atoms with Crippen molar-refractivity contribution in [2.24, 2.45) is 0 Å². The van der Waals surface area contributed by atoms with Gasteiger partial charge in [-0.25, -0.2) is 26.4 Å². The highest BCUT2D eigenvalue weighted by Gasteiger charge is 2.30. The summed E-state index contributed by atoms with van der Waals surface area (Å²) in [4.78, 5) is 11.9. The molecule has 0 saturated carbocycles. The van der Waals surface area contributed by atoms with Crippen LogP contribution in [0.15, 0.2) is 88.7 Å². The second-order valence-corrected chi connectivity index (χ2v) is 10.8. The monoisotopic (exact) mass is 508 g/mol. The number of hydrogen-bond donors (Lipinski definition) is 1. The Morgan fingerprint density at radius 1 is 0.909 bits per heavy atom. The van der Waals surface area contributed by atoms with Crippen LogP contribution in [0.5, 0.6) is 0 Å². The van der Waals surface area contributed by atoms with Crippen LogP contribution in [0.2, 0.25) is 5.02 Å². The van der Waals surface area contributed by atoms with Gasteiger partial charge in [0.15, 0.2) is 0 Å². The number of methoxy groups -OCH3 is 1. The number of anilines is 1. The average Bonchev–Trinajstić information content (AvgIpc) is 2.82. The first-order valence-corrected chi connectivity index (χ1v) is 13.0. The Morgan fingerprint density at radius 2 is 1.52 bits per heavy atom. The standard InChI is InChI=1S/C22H21ClN2O6S2/c1-31-22(26)20-9-5-6-10-21(20)33(29,30)25(18-7-3-2-4-8-18)16-15-24-32(27,28)19-13-11-17(23)12-14-19/h2-14,24H,15-16H2,1H3. The summed E-state index contributed by atoms with van der Waals surface area (Å²) in [5, 5.41) is 0.388. The highest BCUT2D eigenvalue weighted by atomic mass is 35.5. The van der Waals surface area contributed by atoms with Gasteiger partial charge in [-0.2, -0.15) is 0 Å². The van der Waals surface area contributed by atoms with Crippen LogP contribution in [0.25, 0.3) is 0 Å². The zero-order chi connectivity index (χ0) is 24.1. The van der Waals surface area contributed by atoms with E-state index in [1.54, 1.807) is 30.3 Å². The van der Waals surface area contributed by atoms with Crippen molar-refractivity contribution in [2.75, 3.05) is 24.5 Å². The molecule has 8 nitrogen and oxygen atoms in total. The van der Waals surface area contributed by atoms with E-state index in [4.69, 9.17) is 16.3 Å². The van der Waals surface area contributed by atoms with Gasteiger partial charge >= 0.3 is 5.97 Å². The number of carbonyl (C=O) groups is 1. The molecule has 0 fully saturated rings. The fraction of sp³-hybridized carbons (Fsp3) is 0.136. The number of nitrogens with zero attached hydrogens (tertiary/aromatic N) is 1. The summed E-state index contributed by atoms with van der Waals surface area (Å²) in [5.41, 5.74) is 0.186. The van der Waals surface area contributed by atoms with E-state index in [9.17, 15) is 21.6 Å². The number of esters is 1. The molecule has 0 bridgehead atoms. The molecule has 3 aromatic carbocycles. The molecular weight excluding hydrogens is 488 g/mol. The van der Waals surface area contributed by atoms with Crippen molar-refractivity contribution in [1.82, 2.24) is 4.72 Å². The summed E-state index contributed by atoms with van der Waals surface area (Å²) in [6.45, 7) is -0.450. The Bertz CT molecular complexity index is 1330. The van der Waals surface area contributed by atoms with Gasteiger partial charge in [0.1, 0.15) is 4.90 Å². The molecule has 0 saturated heterocycles. The van der Waals surface area contributed by atoms with Crippen molar-refractivity contribution in [3.63, 3.8) is 0 Å². The number of rotatable bonds is 9. The molecule has 33 heavy (non-hydrogen) atoms. The van der Waals surface area contributed by atoms with E-state index < -0.39 is 26.0 Å². The molecule has 3 aromatic rings. The van der Waals surface area contributed by atoms with Gasteiger partial charge in [0.2, 0.25) is 10.0 Å². The van der Waals surface area contributed by atoms with Gasteiger partial charge in [-0.15, -0.1) is 0 Å². The van der Waals surface area contributed by atoms with Crippen molar-refractivity contribution < 1.29 is 26.4 Å². The Labute approximate surface area is 197 Å². The fourth-order valence-electron chi connectivity index (χ4n) is 3.05. The van der Waals surface area contributed by atoms with E-state index in [0.29, 0.717) is 10.7 Å². The molecule has 0 radical (unpaired) electrons. The third-order valence-electron chi connectivity index (χ3n) is 4.64. The molecule has 0 aliphatic heterocycles. The van der Waals surface area contributed by atoms with E-state index in [1.165, 1.54) is 48.5 Å². The Hall–Kier alpha value is -2.92. The third-order valence-corrected chi connectivity index (χ3v) is 8.25. The van der Waals surface area contributed by atoms with Crippen LogP contribution >= 0.6 is 11.6 Å². The minimum atomic E-state index is -4.25. The molecular formula is C22H21ClN2O6S2. The normalized spacial score (nSPS) is 11.7. The third kappa shape index (κ3) is 5.72. The number of sulfonamides is 2. The van der Waals surface area contributed by atoms with Gasteiger partial charge in [0.25, 0.3) is 10.0 Å². The molecule has 3 rings (SSSR count). The van der Waals surface area contributed by atoms with Gasteiger partial charge in [-0.3, -0.25) is 4.31 Å². The van der Waals surface area contributed by atoms with Gasteiger partial charge in [0, 0.05) is 18.1 Å². The molecule has 0 aromatic heterocycles. The largest absolute Gasteiger partial charge is 0.465 e. The van der Waals surface area contributed by atoms with E-state index in [0.717, 1.165) is 11.4 Å². The number of halogens is 1.